The minimum absolute atomic E-state index is 0.743. The third-order valence-corrected chi connectivity index (χ3v) is 5.17. The maximum absolute atomic E-state index is 3.58. The van der Waals surface area contributed by atoms with E-state index < -0.39 is 0 Å². The van der Waals surface area contributed by atoms with Crippen LogP contribution in [0, 0.1) is 11.3 Å². The monoisotopic (exact) mass is 213 g/mol. The Morgan fingerprint density at radius 2 is 2.07 bits per heavy atom. The van der Waals surface area contributed by atoms with E-state index in [9.17, 15) is 0 Å². The molecule has 0 aromatic carbocycles. The molecule has 1 atom stereocenters. The highest BCUT2D eigenvalue weighted by molar-refractivity contribution is 7.99. The van der Waals surface area contributed by atoms with Gasteiger partial charge in [0.2, 0.25) is 0 Å². The van der Waals surface area contributed by atoms with Crippen LogP contribution < -0.4 is 5.32 Å². The van der Waals surface area contributed by atoms with Crippen LogP contribution in [0.15, 0.2) is 0 Å². The summed E-state index contributed by atoms with van der Waals surface area (Å²) in [5, 5.41) is 3.58. The van der Waals surface area contributed by atoms with Crippen LogP contribution in [-0.2, 0) is 0 Å². The average molecular weight is 213 g/mol. The predicted molar refractivity (Wildman–Crippen MR) is 64.9 cm³/mol. The molecule has 2 heterocycles. The molecule has 0 radical (unpaired) electrons. The first-order valence-electron chi connectivity index (χ1n) is 6.16. The van der Waals surface area contributed by atoms with Crippen molar-refractivity contribution in [3.63, 3.8) is 0 Å². The Labute approximate surface area is 92.4 Å². The largest absolute Gasteiger partial charge is 0.316 e. The smallest absolute Gasteiger partial charge is 0.00152 e. The van der Waals surface area contributed by atoms with Gasteiger partial charge in [-0.25, -0.2) is 0 Å². The Morgan fingerprint density at radius 3 is 2.79 bits per heavy atom. The Balaban J connectivity index is 2.02. The number of hydrogen-bond acceptors (Lipinski definition) is 2. The number of nitrogens with one attached hydrogen (secondary N) is 1. The van der Waals surface area contributed by atoms with Crippen LogP contribution in [0.1, 0.15) is 39.0 Å². The summed E-state index contributed by atoms with van der Waals surface area (Å²) in [6.45, 7) is 4.89. The second-order valence-electron chi connectivity index (χ2n) is 4.91. The summed E-state index contributed by atoms with van der Waals surface area (Å²) in [5.41, 5.74) is 0.743. The Kier molecular flexibility index (Phi) is 3.78. The van der Waals surface area contributed by atoms with Crippen molar-refractivity contribution in [3.05, 3.63) is 0 Å². The lowest BCUT2D eigenvalue weighted by Gasteiger charge is -2.47. The van der Waals surface area contributed by atoms with E-state index in [1.54, 1.807) is 0 Å². The second kappa shape index (κ2) is 4.89. The third-order valence-electron chi connectivity index (χ3n) is 4.18. The molecular formula is C12H23NS. The van der Waals surface area contributed by atoms with Gasteiger partial charge in [-0.05, 0) is 61.6 Å². The molecule has 1 unspecified atom stereocenters. The van der Waals surface area contributed by atoms with Gasteiger partial charge in [0.15, 0.2) is 0 Å². The van der Waals surface area contributed by atoms with Gasteiger partial charge in [-0.1, -0.05) is 13.3 Å². The molecule has 1 nitrogen and oxygen atoms in total. The van der Waals surface area contributed by atoms with Crippen molar-refractivity contribution in [2.75, 3.05) is 24.6 Å². The van der Waals surface area contributed by atoms with E-state index >= 15 is 0 Å². The molecule has 2 aliphatic rings. The fourth-order valence-corrected chi connectivity index (χ4v) is 4.53. The van der Waals surface area contributed by atoms with Crippen LogP contribution >= 0.6 is 11.8 Å². The van der Waals surface area contributed by atoms with Crippen LogP contribution in [0.4, 0.5) is 0 Å². The fraction of sp³-hybridized carbons (Fsp3) is 1.00. The van der Waals surface area contributed by atoms with Gasteiger partial charge in [-0.15, -0.1) is 0 Å². The molecule has 0 aromatic heterocycles. The Hall–Kier alpha value is 0.310. The molecule has 14 heavy (non-hydrogen) atoms. The number of rotatable bonds is 2. The fourth-order valence-electron chi connectivity index (χ4n) is 3.23. The Morgan fingerprint density at radius 1 is 1.29 bits per heavy atom. The van der Waals surface area contributed by atoms with Gasteiger partial charge in [0, 0.05) is 0 Å². The van der Waals surface area contributed by atoms with Gasteiger partial charge in [0.1, 0.15) is 0 Å². The minimum atomic E-state index is 0.743. The summed E-state index contributed by atoms with van der Waals surface area (Å²) in [6.07, 6.45) is 7.23. The van der Waals surface area contributed by atoms with E-state index in [0.29, 0.717) is 0 Å². The van der Waals surface area contributed by atoms with Crippen LogP contribution in [-0.4, -0.2) is 24.6 Å². The molecule has 2 heteroatoms. The highest BCUT2D eigenvalue weighted by Gasteiger charge is 2.40. The first-order valence-corrected chi connectivity index (χ1v) is 7.31. The molecule has 0 bridgehead atoms. The molecule has 2 aliphatic heterocycles. The number of piperidine rings is 1. The van der Waals surface area contributed by atoms with E-state index in [4.69, 9.17) is 0 Å². The summed E-state index contributed by atoms with van der Waals surface area (Å²) >= 11 is 2.16. The van der Waals surface area contributed by atoms with Crippen LogP contribution in [0.25, 0.3) is 0 Å². The van der Waals surface area contributed by atoms with Gasteiger partial charge < -0.3 is 5.32 Å². The van der Waals surface area contributed by atoms with E-state index in [0.717, 1.165) is 11.3 Å². The van der Waals surface area contributed by atoms with Crippen molar-refractivity contribution in [2.24, 2.45) is 11.3 Å². The molecular weight excluding hydrogens is 190 g/mol. The van der Waals surface area contributed by atoms with E-state index in [-0.39, 0.29) is 0 Å². The van der Waals surface area contributed by atoms with E-state index in [1.807, 2.05) is 0 Å². The summed E-state index contributed by atoms with van der Waals surface area (Å²) in [6, 6.07) is 0. The van der Waals surface area contributed by atoms with Gasteiger partial charge in [-0.2, -0.15) is 11.8 Å². The lowest BCUT2D eigenvalue weighted by Crippen LogP contribution is -2.46. The molecule has 82 valence electrons. The van der Waals surface area contributed by atoms with Gasteiger partial charge in [-0.3, -0.25) is 0 Å². The zero-order valence-electron chi connectivity index (χ0n) is 9.35. The van der Waals surface area contributed by atoms with Crippen LogP contribution in [0.5, 0.6) is 0 Å². The topological polar surface area (TPSA) is 12.0 Å². The standard InChI is InChI=1S/C12H23NS/c1-2-3-11-10-13-7-4-12(11)5-8-14-9-6-12/h11,13H,2-10H2,1H3. The highest BCUT2D eigenvalue weighted by Crippen LogP contribution is 2.47. The van der Waals surface area contributed by atoms with Crippen LogP contribution in [0.3, 0.4) is 0 Å². The zero-order valence-corrected chi connectivity index (χ0v) is 10.2. The third kappa shape index (κ3) is 2.11. The SMILES string of the molecule is CCCC1CNCCC12CCSCC2. The van der Waals surface area contributed by atoms with Crippen molar-refractivity contribution >= 4 is 11.8 Å². The highest BCUT2D eigenvalue weighted by atomic mass is 32.2. The molecule has 2 rings (SSSR count). The first kappa shape index (κ1) is 10.8. The normalized spacial score (nSPS) is 31.9. The summed E-state index contributed by atoms with van der Waals surface area (Å²) in [5.74, 6) is 3.81. The van der Waals surface area contributed by atoms with Gasteiger partial charge in [0.25, 0.3) is 0 Å². The van der Waals surface area contributed by atoms with E-state index in [2.05, 4.69) is 24.0 Å². The van der Waals surface area contributed by atoms with Crippen LogP contribution in [0.2, 0.25) is 0 Å². The summed E-state index contributed by atoms with van der Waals surface area (Å²) in [7, 11) is 0. The van der Waals surface area contributed by atoms with E-state index in [1.165, 1.54) is 56.7 Å². The lowest BCUT2D eigenvalue weighted by molar-refractivity contribution is 0.0878. The van der Waals surface area contributed by atoms with Crippen molar-refractivity contribution in [1.29, 1.82) is 0 Å². The lowest BCUT2D eigenvalue weighted by atomic mass is 9.65. The van der Waals surface area contributed by atoms with Crippen molar-refractivity contribution in [2.45, 2.75) is 39.0 Å². The molecule has 2 saturated heterocycles. The molecule has 0 saturated carbocycles. The van der Waals surface area contributed by atoms with Crippen molar-refractivity contribution in [3.8, 4) is 0 Å². The molecule has 1 N–H and O–H groups in total. The quantitative estimate of drug-likeness (QED) is 0.757. The zero-order chi connectivity index (χ0) is 9.86. The number of thioether (sulfide) groups is 1. The second-order valence-corrected chi connectivity index (χ2v) is 6.14. The predicted octanol–water partition coefficient (Wildman–Crippen LogP) is 2.91. The first-order chi connectivity index (χ1) is 6.87. The van der Waals surface area contributed by atoms with Gasteiger partial charge in [0.05, 0.1) is 0 Å². The number of hydrogen-bond donors (Lipinski definition) is 1. The summed E-state index contributed by atoms with van der Waals surface area (Å²) < 4.78 is 0. The van der Waals surface area contributed by atoms with Gasteiger partial charge >= 0.3 is 0 Å². The molecule has 2 fully saturated rings. The summed E-state index contributed by atoms with van der Waals surface area (Å²) in [4.78, 5) is 0. The molecule has 0 aromatic rings. The van der Waals surface area contributed by atoms with Crippen molar-refractivity contribution in [1.82, 2.24) is 5.32 Å². The maximum Gasteiger partial charge on any atom is -0.00152 e. The minimum Gasteiger partial charge on any atom is -0.316 e. The molecule has 1 spiro atoms. The molecule has 0 aliphatic carbocycles. The maximum atomic E-state index is 3.58. The van der Waals surface area contributed by atoms with Crippen molar-refractivity contribution < 1.29 is 0 Å². The average Bonchev–Trinajstić information content (AvgIpc) is 2.23. The Bertz CT molecular complexity index is 165. The molecule has 0 amide bonds.